The van der Waals surface area contributed by atoms with E-state index in [2.05, 4.69) is 5.32 Å². The van der Waals surface area contributed by atoms with Crippen molar-refractivity contribution in [1.82, 2.24) is 0 Å². The van der Waals surface area contributed by atoms with E-state index in [-0.39, 0.29) is 5.91 Å². The predicted octanol–water partition coefficient (Wildman–Crippen LogP) is 5.16. The fraction of sp³-hybridized carbons (Fsp3) is 0.130. The lowest BCUT2D eigenvalue weighted by atomic mass is 10.1. The fourth-order valence-electron chi connectivity index (χ4n) is 3.53. The van der Waals surface area contributed by atoms with E-state index in [1.54, 1.807) is 17.0 Å². The van der Waals surface area contributed by atoms with Crippen molar-refractivity contribution >= 4 is 23.2 Å². The Kier molecular flexibility index (Phi) is 5.03. The molecule has 1 heterocycles. The molecule has 4 rings (SSSR count). The summed E-state index contributed by atoms with van der Waals surface area (Å²) < 4.78 is 39.4. The number of hydrogen-bond donors (Lipinski definition) is 1. The monoisotopic (exact) mass is 410 g/mol. The van der Waals surface area contributed by atoms with Gasteiger partial charge in [-0.25, -0.2) is 0 Å². The third-order valence-electron chi connectivity index (χ3n) is 5.00. The Labute approximate surface area is 170 Å². The Morgan fingerprint density at radius 3 is 2.27 bits per heavy atom. The molecule has 152 valence electrons. The SMILES string of the molecule is O=C(Nc1ccc(C(=O)N2CCc3ccccc32)cc1)c1ccccc1C(F)(F)F. The Balaban J connectivity index is 1.50. The van der Waals surface area contributed by atoms with Gasteiger partial charge >= 0.3 is 6.18 Å². The maximum absolute atomic E-state index is 13.1. The molecule has 0 aliphatic carbocycles. The number of nitrogens with one attached hydrogen (secondary N) is 1. The summed E-state index contributed by atoms with van der Waals surface area (Å²) >= 11 is 0. The Morgan fingerprint density at radius 2 is 1.53 bits per heavy atom. The van der Waals surface area contributed by atoms with E-state index in [0.717, 1.165) is 29.8 Å². The van der Waals surface area contributed by atoms with E-state index in [1.165, 1.54) is 24.3 Å². The van der Waals surface area contributed by atoms with Gasteiger partial charge in [0.15, 0.2) is 0 Å². The van der Waals surface area contributed by atoms with Gasteiger partial charge in [0.25, 0.3) is 11.8 Å². The van der Waals surface area contributed by atoms with Crippen molar-refractivity contribution < 1.29 is 22.8 Å². The first kappa shape index (κ1) is 19.7. The molecule has 1 aliphatic rings. The van der Waals surface area contributed by atoms with E-state index in [1.807, 2.05) is 24.3 Å². The minimum atomic E-state index is -4.63. The summed E-state index contributed by atoms with van der Waals surface area (Å²) in [7, 11) is 0. The number of rotatable bonds is 3. The van der Waals surface area contributed by atoms with Crippen molar-refractivity contribution in [3.05, 3.63) is 95.1 Å². The van der Waals surface area contributed by atoms with Crippen molar-refractivity contribution in [3.63, 3.8) is 0 Å². The second-order valence-corrected chi connectivity index (χ2v) is 6.91. The van der Waals surface area contributed by atoms with Gasteiger partial charge in [-0.05, 0) is 54.4 Å². The molecule has 0 atom stereocenters. The summed E-state index contributed by atoms with van der Waals surface area (Å²) in [5, 5.41) is 2.46. The van der Waals surface area contributed by atoms with Crippen LogP contribution in [0.25, 0.3) is 0 Å². The van der Waals surface area contributed by atoms with Crippen LogP contribution < -0.4 is 10.2 Å². The molecule has 4 nitrogen and oxygen atoms in total. The highest BCUT2D eigenvalue weighted by molar-refractivity contribution is 6.08. The molecule has 0 radical (unpaired) electrons. The standard InChI is InChI=1S/C23H17F3N2O2/c24-23(25,26)19-7-3-2-6-18(19)21(29)27-17-11-9-16(10-12-17)22(30)28-14-13-15-5-1-4-8-20(15)28/h1-12H,13-14H2,(H,27,29). The van der Waals surface area contributed by atoms with Crippen LogP contribution in [-0.2, 0) is 12.6 Å². The average molecular weight is 410 g/mol. The Morgan fingerprint density at radius 1 is 0.867 bits per heavy atom. The number of halogens is 3. The molecule has 0 spiro atoms. The minimum Gasteiger partial charge on any atom is -0.322 e. The molecule has 0 saturated heterocycles. The highest BCUT2D eigenvalue weighted by atomic mass is 19.4. The number of carbonyl (C=O) groups is 2. The summed E-state index contributed by atoms with van der Waals surface area (Å²) in [5.41, 5.74) is 1.26. The van der Waals surface area contributed by atoms with Crippen LogP contribution in [-0.4, -0.2) is 18.4 Å². The van der Waals surface area contributed by atoms with Crippen LogP contribution in [0.2, 0.25) is 0 Å². The van der Waals surface area contributed by atoms with Crippen LogP contribution in [0.3, 0.4) is 0 Å². The molecule has 0 aromatic heterocycles. The van der Waals surface area contributed by atoms with E-state index in [9.17, 15) is 22.8 Å². The molecular formula is C23H17F3N2O2. The Hall–Kier alpha value is -3.61. The van der Waals surface area contributed by atoms with Crippen molar-refractivity contribution in [2.45, 2.75) is 12.6 Å². The van der Waals surface area contributed by atoms with Crippen molar-refractivity contribution in [2.75, 3.05) is 16.8 Å². The number of carbonyl (C=O) groups excluding carboxylic acids is 2. The van der Waals surface area contributed by atoms with Crippen LogP contribution in [0.1, 0.15) is 31.8 Å². The molecule has 30 heavy (non-hydrogen) atoms. The van der Waals surface area contributed by atoms with Crippen LogP contribution >= 0.6 is 0 Å². The highest BCUT2D eigenvalue weighted by Gasteiger charge is 2.34. The fourth-order valence-corrected chi connectivity index (χ4v) is 3.53. The van der Waals surface area contributed by atoms with E-state index in [0.29, 0.717) is 17.8 Å². The topological polar surface area (TPSA) is 49.4 Å². The van der Waals surface area contributed by atoms with Crippen molar-refractivity contribution in [1.29, 1.82) is 0 Å². The Bertz CT molecular complexity index is 1110. The summed E-state index contributed by atoms with van der Waals surface area (Å²) in [6.45, 7) is 0.588. The first-order chi connectivity index (χ1) is 14.3. The average Bonchev–Trinajstić information content (AvgIpc) is 3.17. The maximum atomic E-state index is 13.1. The van der Waals surface area contributed by atoms with Crippen molar-refractivity contribution in [3.8, 4) is 0 Å². The van der Waals surface area contributed by atoms with Crippen LogP contribution in [0, 0.1) is 0 Å². The molecule has 3 aromatic rings. The molecule has 0 unspecified atom stereocenters. The highest BCUT2D eigenvalue weighted by Crippen LogP contribution is 2.32. The molecule has 3 aromatic carbocycles. The molecular weight excluding hydrogens is 393 g/mol. The minimum absolute atomic E-state index is 0.166. The number of para-hydroxylation sites is 1. The van der Waals surface area contributed by atoms with Crippen LogP contribution in [0.4, 0.5) is 24.5 Å². The van der Waals surface area contributed by atoms with E-state index >= 15 is 0 Å². The summed E-state index contributed by atoms with van der Waals surface area (Å²) in [6.07, 6.45) is -3.84. The zero-order valence-corrected chi connectivity index (χ0v) is 15.7. The van der Waals surface area contributed by atoms with Crippen molar-refractivity contribution in [2.24, 2.45) is 0 Å². The number of nitrogens with zero attached hydrogens (tertiary/aromatic N) is 1. The smallest absolute Gasteiger partial charge is 0.322 e. The van der Waals surface area contributed by atoms with Gasteiger partial charge in [-0.3, -0.25) is 9.59 Å². The van der Waals surface area contributed by atoms with Crippen LogP contribution in [0.5, 0.6) is 0 Å². The third kappa shape index (κ3) is 3.78. The largest absolute Gasteiger partial charge is 0.417 e. The second-order valence-electron chi connectivity index (χ2n) is 6.91. The quantitative estimate of drug-likeness (QED) is 0.648. The molecule has 0 saturated carbocycles. The first-order valence-corrected chi connectivity index (χ1v) is 9.32. The maximum Gasteiger partial charge on any atom is 0.417 e. The van der Waals surface area contributed by atoms with Gasteiger partial charge in [0.1, 0.15) is 0 Å². The van der Waals surface area contributed by atoms with E-state index < -0.39 is 23.2 Å². The second kappa shape index (κ2) is 7.67. The molecule has 2 amide bonds. The molecule has 0 fully saturated rings. The van der Waals surface area contributed by atoms with Gasteiger partial charge in [0, 0.05) is 23.5 Å². The molecule has 1 N–H and O–H groups in total. The summed E-state index contributed by atoms with van der Waals surface area (Å²) in [4.78, 5) is 26.9. The summed E-state index contributed by atoms with van der Waals surface area (Å²) in [6, 6.07) is 18.4. The van der Waals surface area contributed by atoms with E-state index in [4.69, 9.17) is 0 Å². The lowest BCUT2D eigenvalue weighted by Crippen LogP contribution is -2.28. The lowest BCUT2D eigenvalue weighted by Gasteiger charge is -2.17. The number of amides is 2. The molecule has 0 bridgehead atoms. The van der Waals surface area contributed by atoms with Gasteiger partial charge in [-0.15, -0.1) is 0 Å². The van der Waals surface area contributed by atoms with Gasteiger partial charge in [-0.1, -0.05) is 30.3 Å². The lowest BCUT2D eigenvalue weighted by molar-refractivity contribution is -0.137. The number of benzene rings is 3. The van der Waals surface area contributed by atoms with Gasteiger partial charge in [-0.2, -0.15) is 13.2 Å². The number of alkyl halides is 3. The zero-order valence-electron chi connectivity index (χ0n) is 15.7. The molecule has 1 aliphatic heterocycles. The zero-order chi connectivity index (χ0) is 21.3. The third-order valence-corrected chi connectivity index (χ3v) is 5.00. The predicted molar refractivity (Wildman–Crippen MR) is 108 cm³/mol. The molecule has 7 heteroatoms. The van der Waals surface area contributed by atoms with Gasteiger partial charge in [0.05, 0.1) is 11.1 Å². The number of fused-ring (bicyclic) bond motifs is 1. The number of anilines is 2. The van der Waals surface area contributed by atoms with Gasteiger partial charge in [0.2, 0.25) is 0 Å². The van der Waals surface area contributed by atoms with Gasteiger partial charge < -0.3 is 10.2 Å². The normalized spacial score (nSPS) is 13.1. The number of hydrogen-bond acceptors (Lipinski definition) is 2. The van der Waals surface area contributed by atoms with Crippen LogP contribution in [0.15, 0.2) is 72.8 Å². The first-order valence-electron chi connectivity index (χ1n) is 9.32. The summed E-state index contributed by atoms with van der Waals surface area (Å²) in [5.74, 6) is -1.03.